The van der Waals surface area contributed by atoms with Crippen LogP contribution in [0.5, 0.6) is 11.8 Å². The lowest BCUT2D eigenvalue weighted by Crippen LogP contribution is -2.39. The Morgan fingerprint density at radius 2 is 1.87 bits per heavy atom. The van der Waals surface area contributed by atoms with Crippen LogP contribution in [0.4, 0.5) is 5.69 Å². The van der Waals surface area contributed by atoms with Crippen molar-refractivity contribution in [3.8, 4) is 11.8 Å². The van der Waals surface area contributed by atoms with Gasteiger partial charge < -0.3 is 15.8 Å². The molecular weight excluding hydrogens is 316 g/mol. The topological polar surface area (TPSA) is 90.1 Å². The average Bonchev–Trinajstić information content (AvgIpc) is 2.48. The number of benzene rings is 1. The van der Waals surface area contributed by atoms with Crippen LogP contribution in [-0.4, -0.2) is 21.9 Å². The molecule has 1 heterocycles. The molecule has 0 aliphatic rings. The molecule has 1 aromatic heterocycles. The molecule has 0 saturated carbocycles. The van der Waals surface area contributed by atoms with Gasteiger partial charge in [0.05, 0.1) is 6.04 Å². The van der Waals surface area contributed by atoms with E-state index in [0.717, 1.165) is 5.69 Å². The Morgan fingerprint density at radius 3 is 2.43 bits per heavy atom. The van der Waals surface area contributed by atoms with Crippen LogP contribution in [0.2, 0.25) is 0 Å². The van der Waals surface area contributed by atoms with Gasteiger partial charge in [-0.15, -0.1) is 12.4 Å². The fourth-order valence-electron chi connectivity index (χ4n) is 1.72. The third-order valence-corrected chi connectivity index (χ3v) is 3.12. The first-order valence-corrected chi connectivity index (χ1v) is 7.09. The molecule has 0 radical (unpaired) electrons. The van der Waals surface area contributed by atoms with Crippen molar-refractivity contribution in [2.45, 2.75) is 26.8 Å². The molecule has 1 atom stereocenters. The van der Waals surface area contributed by atoms with Gasteiger partial charge >= 0.3 is 6.01 Å². The molecule has 2 rings (SSSR count). The number of carbonyl (C=O) groups excluding carboxylic acids is 1. The van der Waals surface area contributed by atoms with Gasteiger partial charge in [0.2, 0.25) is 5.91 Å². The number of hydrogen-bond donors (Lipinski definition) is 2. The van der Waals surface area contributed by atoms with E-state index < -0.39 is 6.04 Å². The van der Waals surface area contributed by atoms with Gasteiger partial charge in [0, 0.05) is 17.6 Å². The zero-order valence-corrected chi connectivity index (χ0v) is 14.1. The molecule has 0 aliphatic heterocycles. The first-order chi connectivity index (χ1) is 10.5. The number of halogens is 1. The first-order valence-electron chi connectivity index (χ1n) is 7.09. The molecule has 7 heteroatoms. The molecular formula is C16H21ClN4O2. The van der Waals surface area contributed by atoms with Crippen LogP contribution in [-0.2, 0) is 4.79 Å². The van der Waals surface area contributed by atoms with Crippen LogP contribution in [0.1, 0.15) is 19.5 Å². The highest BCUT2D eigenvalue weighted by Crippen LogP contribution is 2.20. The summed E-state index contributed by atoms with van der Waals surface area (Å²) in [5, 5.41) is 2.77. The summed E-state index contributed by atoms with van der Waals surface area (Å²) < 4.78 is 5.55. The highest BCUT2D eigenvalue weighted by atomic mass is 35.5. The predicted octanol–water partition coefficient (Wildman–Crippen LogP) is 2.92. The number of rotatable bonds is 5. The van der Waals surface area contributed by atoms with Crippen LogP contribution in [0.15, 0.2) is 36.5 Å². The van der Waals surface area contributed by atoms with E-state index in [1.165, 1.54) is 0 Å². The predicted molar refractivity (Wildman–Crippen MR) is 92.0 cm³/mol. The van der Waals surface area contributed by atoms with E-state index in [0.29, 0.717) is 17.4 Å². The number of ether oxygens (including phenoxy) is 1. The lowest BCUT2D eigenvalue weighted by molar-refractivity contribution is -0.118. The Bertz CT molecular complexity index is 647. The van der Waals surface area contributed by atoms with Gasteiger partial charge in [-0.05, 0) is 43.2 Å². The quantitative estimate of drug-likeness (QED) is 0.876. The molecule has 0 saturated heterocycles. The Morgan fingerprint density at radius 1 is 1.22 bits per heavy atom. The van der Waals surface area contributed by atoms with E-state index in [4.69, 9.17) is 10.5 Å². The summed E-state index contributed by atoms with van der Waals surface area (Å²) in [4.78, 5) is 20.1. The maximum Gasteiger partial charge on any atom is 0.322 e. The normalized spacial score (nSPS) is 11.5. The number of amides is 1. The van der Waals surface area contributed by atoms with Crippen molar-refractivity contribution in [1.82, 2.24) is 9.97 Å². The second kappa shape index (κ2) is 8.45. The van der Waals surface area contributed by atoms with E-state index in [1.807, 2.05) is 20.8 Å². The highest BCUT2D eigenvalue weighted by molar-refractivity contribution is 5.94. The van der Waals surface area contributed by atoms with Gasteiger partial charge in [0.1, 0.15) is 5.75 Å². The molecule has 0 aliphatic carbocycles. The Kier molecular flexibility index (Phi) is 6.93. The monoisotopic (exact) mass is 336 g/mol. The van der Waals surface area contributed by atoms with Crippen LogP contribution in [0.25, 0.3) is 0 Å². The summed E-state index contributed by atoms with van der Waals surface area (Å²) in [6.45, 7) is 5.68. The zero-order valence-electron chi connectivity index (χ0n) is 13.3. The van der Waals surface area contributed by atoms with E-state index in [1.54, 1.807) is 36.5 Å². The molecule has 0 fully saturated rings. The second-order valence-corrected chi connectivity index (χ2v) is 5.37. The minimum Gasteiger partial charge on any atom is -0.424 e. The Balaban J connectivity index is 0.00000264. The van der Waals surface area contributed by atoms with E-state index in [-0.39, 0.29) is 24.2 Å². The first kappa shape index (κ1) is 18.9. The third-order valence-electron chi connectivity index (χ3n) is 3.12. The Hall–Kier alpha value is -2.18. The molecule has 0 unspecified atom stereocenters. The maximum absolute atomic E-state index is 11.9. The van der Waals surface area contributed by atoms with Crippen LogP contribution >= 0.6 is 12.4 Å². The lowest BCUT2D eigenvalue weighted by atomic mass is 10.1. The van der Waals surface area contributed by atoms with Crippen LogP contribution in [0, 0.1) is 12.8 Å². The van der Waals surface area contributed by atoms with Gasteiger partial charge in [0.25, 0.3) is 0 Å². The van der Waals surface area contributed by atoms with Crippen LogP contribution < -0.4 is 15.8 Å². The van der Waals surface area contributed by atoms with Gasteiger partial charge in [-0.2, -0.15) is 0 Å². The van der Waals surface area contributed by atoms with Crippen molar-refractivity contribution >= 4 is 24.0 Å². The number of hydrogen-bond acceptors (Lipinski definition) is 5. The smallest absolute Gasteiger partial charge is 0.322 e. The summed E-state index contributed by atoms with van der Waals surface area (Å²) in [7, 11) is 0. The van der Waals surface area contributed by atoms with Crippen molar-refractivity contribution in [2.75, 3.05) is 5.32 Å². The lowest BCUT2D eigenvalue weighted by Gasteiger charge is -2.15. The highest BCUT2D eigenvalue weighted by Gasteiger charge is 2.17. The molecule has 1 aromatic carbocycles. The standard InChI is InChI=1S/C16H20N4O2.ClH/c1-10(2)14(17)15(21)20-12-4-6-13(7-5-12)22-16-18-9-8-11(3)19-16;/h4-10,14H,17H2,1-3H3,(H,20,21);1H/t14-;/m0./s1. The van der Waals surface area contributed by atoms with Gasteiger partial charge in [-0.1, -0.05) is 13.8 Å². The summed E-state index contributed by atoms with van der Waals surface area (Å²) in [5.41, 5.74) is 7.30. The molecule has 0 spiro atoms. The van der Waals surface area contributed by atoms with Gasteiger partial charge in [-0.3, -0.25) is 4.79 Å². The molecule has 3 N–H and O–H groups in total. The second-order valence-electron chi connectivity index (χ2n) is 5.37. The summed E-state index contributed by atoms with van der Waals surface area (Å²) >= 11 is 0. The van der Waals surface area contributed by atoms with E-state index in [2.05, 4.69) is 15.3 Å². The molecule has 23 heavy (non-hydrogen) atoms. The number of carbonyl (C=O) groups is 1. The average molecular weight is 337 g/mol. The Labute approximate surface area is 141 Å². The number of nitrogens with one attached hydrogen (secondary N) is 1. The molecule has 1 amide bonds. The third kappa shape index (κ3) is 5.50. The van der Waals surface area contributed by atoms with Crippen molar-refractivity contribution in [2.24, 2.45) is 11.7 Å². The van der Waals surface area contributed by atoms with Gasteiger partial charge in [-0.25, -0.2) is 9.97 Å². The molecule has 2 aromatic rings. The molecule has 124 valence electrons. The summed E-state index contributed by atoms with van der Waals surface area (Å²) in [6.07, 6.45) is 1.64. The van der Waals surface area contributed by atoms with Crippen LogP contribution in [0.3, 0.4) is 0 Å². The number of nitrogens with zero attached hydrogens (tertiary/aromatic N) is 2. The summed E-state index contributed by atoms with van der Waals surface area (Å²) in [6, 6.07) is 8.52. The fraction of sp³-hybridized carbons (Fsp3) is 0.312. The number of nitrogens with two attached hydrogens (primary N) is 1. The molecule has 6 nitrogen and oxygen atoms in total. The van der Waals surface area contributed by atoms with Crippen molar-refractivity contribution in [3.05, 3.63) is 42.2 Å². The molecule has 0 bridgehead atoms. The van der Waals surface area contributed by atoms with Crippen molar-refractivity contribution in [1.29, 1.82) is 0 Å². The summed E-state index contributed by atoms with van der Waals surface area (Å²) in [5.74, 6) is 0.475. The number of aryl methyl sites for hydroxylation is 1. The van der Waals surface area contributed by atoms with E-state index in [9.17, 15) is 4.79 Å². The number of anilines is 1. The largest absolute Gasteiger partial charge is 0.424 e. The van der Waals surface area contributed by atoms with Crippen molar-refractivity contribution < 1.29 is 9.53 Å². The minimum absolute atomic E-state index is 0. The van der Waals surface area contributed by atoms with E-state index >= 15 is 0 Å². The SMILES string of the molecule is Cc1ccnc(Oc2ccc(NC(=O)[C@@H](N)C(C)C)cc2)n1.Cl. The zero-order chi connectivity index (χ0) is 16.1. The maximum atomic E-state index is 11.9. The number of aromatic nitrogens is 2. The minimum atomic E-state index is -0.531. The van der Waals surface area contributed by atoms with Crippen molar-refractivity contribution in [3.63, 3.8) is 0 Å². The fourth-order valence-corrected chi connectivity index (χ4v) is 1.72. The van der Waals surface area contributed by atoms with Gasteiger partial charge in [0.15, 0.2) is 0 Å².